The highest BCUT2D eigenvalue weighted by molar-refractivity contribution is 6.02. The highest BCUT2D eigenvalue weighted by atomic mass is 14.5. The molecule has 2 aliphatic carbocycles. The number of rotatable bonds is 1. The molecule has 8 rings (SSSR count). The molecule has 0 N–H and O–H groups in total. The van der Waals surface area contributed by atoms with Gasteiger partial charge >= 0.3 is 0 Å². The SMILES string of the molecule is N#Cc1ccccc1-c1cccc2c1-c1ccccc1C21c2ccccc2-c2cc3ccccc3cc21. The van der Waals surface area contributed by atoms with E-state index in [1.54, 1.807) is 0 Å². The lowest BCUT2D eigenvalue weighted by molar-refractivity contribution is 0.795. The van der Waals surface area contributed by atoms with Crippen LogP contribution in [0.2, 0.25) is 0 Å². The highest BCUT2D eigenvalue weighted by Crippen LogP contribution is 2.64. The van der Waals surface area contributed by atoms with E-state index in [1.165, 1.54) is 55.3 Å². The average molecular weight is 468 g/mol. The maximum atomic E-state index is 9.94. The van der Waals surface area contributed by atoms with Crippen molar-refractivity contribution in [2.75, 3.05) is 0 Å². The molecule has 0 amide bonds. The van der Waals surface area contributed by atoms with Crippen molar-refractivity contribution in [1.29, 1.82) is 5.26 Å². The molecule has 1 spiro atoms. The summed E-state index contributed by atoms with van der Waals surface area (Å²) in [5.41, 5.74) is 12.8. The largest absolute Gasteiger partial charge is 0.192 e. The number of benzene rings is 6. The van der Waals surface area contributed by atoms with Crippen LogP contribution >= 0.6 is 0 Å². The molecule has 0 saturated carbocycles. The van der Waals surface area contributed by atoms with E-state index in [-0.39, 0.29) is 0 Å². The first-order valence-corrected chi connectivity index (χ1v) is 12.7. The molecule has 2 aliphatic rings. The van der Waals surface area contributed by atoms with E-state index >= 15 is 0 Å². The quantitative estimate of drug-likeness (QED) is 0.237. The van der Waals surface area contributed by atoms with Crippen LogP contribution in [0.3, 0.4) is 0 Å². The first-order valence-electron chi connectivity index (χ1n) is 12.7. The standard InChI is InChI=1S/C36H21N/c37-22-25-12-3-4-13-26(25)28-16-9-19-33-35(28)29-15-6-8-18-32(29)36(33)31-17-7-5-14-27(31)30-20-23-10-1-2-11-24(23)21-34(30)36/h1-21H. The zero-order valence-corrected chi connectivity index (χ0v) is 20.1. The normalized spacial score (nSPS) is 16.2. The lowest BCUT2D eigenvalue weighted by Gasteiger charge is -2.30. The Bertz CT molecular complexity index is 1950. The molecule has 0 radical (unpaired) electrons. The maximum absolute atomic E-state index is 9.94. The van der Waals surface area contributed by atoms with E-state index in [9.17, 15) is 5.26 Å². The van der Waals surface area contributed by atoms with Gasteiger partial charge in [-0.2, -0.15) is 5.26 Å². The third-order valence-corrected chi connectivity index (χ3v) is 8.32. The number of nitrogens with zero attached hydrogens (tertiary/aromatic N) is 1. The molecule has 37 heavy (non-hydrogen) atoms. The van der Waals surface area contributed by atoms with Crippen LogP contribution < -0.4 is 0 Å². The van der Waals surface area contributed by atoms with Crippen LogP contribution in [0.5, 0.6) is 0 Å². The minimum atomic E-state index is -0.403. The van der Waals surface area contributed by atoms with Gasteiger partial charge in [0, 0.05) is 5.56 Å². The van der Waals surface area contributed by atoms with Crippen LogP contribution in [-0.4, -0.2) is 0 Å². The summed E-state index contributed by atoms with van der Waals surface area (Å²) >= 11 is 0. The first-order chi connectivity index (χ1) is 18.3. The van der Waals surface area contributed by atoms with Crippen molar-refractivity contribution in [1.82, 2.24) is 0 Å². The molecule has 1 nitrogen and oxygen atoms in total. The monoisotopic (exact) mass is 467 g/mol. The van der Waals surface area contributed by atoms with Gasteiger partial charge in [-0.25, -0.2) is 0 Å². The average Bonchev–Trinajstić information content (AvgIpc) is 3.43. The van der Waals surface area contributed by atoms with Crippen LogP contribution in [-0.2, 0) is 5.41 Å². The molecular weight excluding hydrogens is 446 g/mol. The van der Waals surface area contributed by atoms with E-state index in [1.807, 2.05) is 18.2 Å². The summed E-state index contributed by atoms with van der Waals surface area (Å²) in [5.74, 6) is 0. The second-order valence-electron chi connectivity index (χ2n) is 9.97. The van der Waals surface area contributed by atoms with Gasteiger partial charge in [-0.3, -0.25) is 0 Å². The van der Waals surface area contributed by atoms with Crippen LogP contribution in [0, 0.1) is 11.3 Å². The minimum Gasteiger partial charge on any atom is -0.192 e. The lowest BCUT2D eigenvalue weighted by atomic mass is 9.70. The third-order valence-electron chi connectivity index (χ3n) is 8.32. The maximum Gasteiger partial charge on any atom is 0.0998 e. The molecule has 0 heterocycles. The fraction of sp³-hybridized carbons (Fsp3) is 0.0278. The molecule has 1 atom stereocenters. The zero-order chi connectivity index (χ0) is 24.6. The molecule has 0 fully saturated rings. The van der Waals surface area contributed by atoms with Crippen LogP contribution in [0.4, 0.5) is 0 Å². The summed E-state index contributed by atoms with van der Waals surface area (Å²) < 4.78 is 0. The van der Waals surface area contributed by atoms with Crippen molar-refractivity contribution in [2.24, 2.45) is 0 Å². The molecule has 6 aromatic rings. The smallest absolute Gasteiger partial charge is 0.0998 e. The van der Waals surface area contributed by atoms with Crippen molar-refractivity contribution in [3.05, 3.63) is 155 Å². The number of hydrogen-bond acceptors (Lipinski definition) is 1. The van der Waals surface area contributed by atoms with Gasteiger partial charge in [0.25, 0.3) is 0 Å². The second-order valence-corrected chi connectivity index (χ2v) is 9.97. The van der Waals surface area contributed by atoms with E-state index < -0.39 is 5.41 Å². The summed E-state index contributed by atoms with van der Waals surface area (Å²) in [6.45, 7) is 0. The van der Waals surface area contributed by atoms with E-state index in [0.717, 1.165) is 11.1 Å². The van der Waals surface area contributed by atoms with Crippen molar-refractivity contribution in [3.8, 4) is 39.4 Å². The Morgan fingerprint density at radius 3 is 1.78 bits per heavy atom. The predicted molar refractivity (Wildman–Crippen MR) is 150 cm³/mol. The van der Waals surface area contributed by atoms with Crippen LogP contribution in [0.1, 0.15) is 27.8 Å². The Labute approximate surface area is 215 Å². The molecule has 0 aliphatic heterocycles. The summed E-state index contributed by atoms with van der Waals surface area (Å²) in [7, 11) is 0. The van der Waals surface area contributed by atoms with Gasteiger partial charge in [0.05, 0.1) is 17.0 Å². The van der Waals surface area contributed by atoms with Gasteiger partial charge < -0.3 is 0 Å². The Morgan fingerprint density at radius 1 is 0.432 bits per heavy atom. The summed E-state index contributed by atoms with van der Waals surface area (Å²) in [6.07, 6.45) is 0. The van der Waals surface area contributed by atoms with Crippen molar-refractivity contribution in [3.63, 3.8) is 0 Å². The fourth-order valence-corrected chi connectivity index (χ4v) is 6.91. The number of hydrogen-bond donors (Lipinski definition) is 0. The van der Waals surface area contributed by atoms with Crippen LogP contribution in [0.25, 0.3) is 44.2 Å². The van der Waals surface area contributed by atoms with Gasteiger partial charge in [-0.15, -0.1) is 0 Å². The topological polar surface area (TPSA) is 23.8 Å². The molecule has 170 valence electrons. The zero-order valence-electron chi connectivity index (χ0n) is 20.1. The second kappa shape index (κ2) is 7.29. The molecule has 0 saturated heterocycles. The lowest BCUT2D eigenvalue weighted by Crippen LogP contribution is -2.25. The minimum absolute atomic E-state index is 0.403. The van der Waals surface area contributed by atoms with Crippen molar-refractivity contribution < 1.29 is 0 Å². The van der Waals surface area contributed by atoms with E-state index in [0.29, 0.717) is 5.56 Å². The summed E-state index contributed by atoms with van der Waals surface area (Å²) in [4.78, 5) is 0. The number of fused-ring (bicyclic) bond motifs is 11. The van der Waals surface area contributed by atoms with Gasteiger partial charge in [0.1, 0.15) is 0 Å². The van der Waals surface area contributed by atoms with Crippen molar-refractivity contribution >= 4 is 10.8 Å². The molecule has 6 aromatic carbocycles. The molecule has 1 heteroatoms. The first kappa shape index (κ1) is 20.3. The molecule has 0 bridgehead atoms. The van der Waals surface area contributed by atoms with Gasteiger partial charge in [-0.1, -0.05) is 109 Å². The summed E-state index contributed by atoms with van der Waals surface area (Å²) in [6, 6.07) is 48.2. The Kier molecular flexibility index (Phi) is 4.00. The Balaban J connectivity index is 1.57. The van der Waals surface area contributed by atoms with E-state index in [4.69, 9.17) is 0 Å². The predicted octanol–water partition coefficient (Wildman–Crippen LogP) is 8.72. The van der Waals surface area contributed by atoms with Crippen LogP contribution in [0.15, 0.2) is 127 Å². The molecular formula is C36H21N. The van der Waals surface area contributed by atoms with E-state index in [2.05, 4.69) is 115 Å². The Morgan fingerprint density at radius 2 is 1.00 bits per heavy atom. The molecule has 1 unspecified atom stereocenters. The van der Waals surface area contributed by atoms with Crippen molar-refractivity contribution in [2.45, 2.75) is 5.41 Å². The highest BCUT2D eigenvalue weighted by Gasteiger charge is 2.52. The van der Waals surface area contributed by atoms with Gasteiger partial charge in [0.15, 0.2) is 0 Å². The van der Waals surface area contributed by atoms with Gasteiger partial charge in [-0.05, 0) is 79.0 Å². The number of nitriles is 1. The Hall–Kier alpha value is -4.93. The summed E-state index contributed by atoms with van der Waals surface area (Å²) in [5, 5.41) is 12.5. The fourth-order valence-electron chi connectivity index (χ4n) is 6.91. The van der Waals surface area contributed by atoms with Gasteiger partial charge in [0.2, 0.25) is 0 Å². The molecule has 0 aromatic heterocycles. The third kappa shape index (κ3) is 2.47.